The van der Waals surface area contributed by atoms with Crippen LogP contribution in [0.5, 0.6) is 5.88 Å². The van der Waals surface area contributed by atoms with Gasteiger partial charge in [-0.3, -0.25) is 9.50 Å². The highest BCUT2D eigenvalue weighted by atomic mass is 19.3. The maximum absolute atomic E-state index is 14.9. The molecule has 1 aliphatic carbocycles. The van der Waals surface area contributed by atoms with Gasteiger partial charge in [0.2, 0.25) is 11.8 Å². The Labute approximate surface area is 186 Å². The Morgan fingerprint density at radius 1 is 1.36 bits per heavy atom. The first-order chi connectivity index (χ1) is 15.8. The number of carbonyl (C=O) groups is 1. The number of carbonyl (C=O) groups excluding carboxylic acids is 1. The monoisotopic (exact) mass is 467 g/mol. The van der Waals surface area contributed by atoms with Crippen molar-refractivity contribution in [2.45, 2.75) is 57.3 Å². The van der Waals surface area contributed by atoms with Crippen LogP contribution in [0.1, 0.15) is 38.3 Å². The summed E-state index contributed by atoms with van der Waals surface area (Å²) in [5, 5.41) is 12.6. The number of nitrogens with one attached hydrogen (secondary N) is 3. The van der Waals surface area contributed by atoms with Gasteiger partial charge in [0.15, 0.2) is 12.4 Å². The third kappa shape index (κ3) is 5.29. The number of ether oxygens (including phenoxy) is 2. The van der Waals surface area contributed by atoms with Crippen LogP contribution in [-0.4, -0.2) is 62.0 Å². The highest BCUT2D eigenvalue weighted by Gasteiger charge is 2.40. The molecular weight excluding hydrogens is 443 g/mol. The van der Waals surface area contributed by atoms with Gasteiger partial charge >= 0.3 is 6.09 Å². The minimum atomic E-state index is -2.61. The topological polar surface area (TPSA) is 118 Å². The Morgan fingerprint density at radius 3 is 2.94 bits per heavy atom. The van der Waals surface area contributed by atoms with Crippen LogP contribution >= 0.6 is 0 Å². The van der Waals surface area contributed by atoms with Gasteiger partial charge in [-0.1, -0.05) is 0 Å². The quantitative estimate of drug-likeness (QED) is 0.464. The van der Waals surface area contributed by atoms with Crippen molar-refractivity contribution in [3.8, 4) is 5.88 Å². The van der Waals surface area contributed by atoms with Gasteiger partial charge in [-0.05, 0) is 32.8 Å². The van der Waals surface area contributed by atoms with E-state index >= 15 is 0 Å². The van der Waals surface area contributed by atoms with Crippen LogP contribution in [0.25, 0.3) is 5.65 Å². The lowest BCUT2D eigenvalue weighted by Crippen LogP contribution is -2.36. The molecule has 1 amide bonds. The fourth-order valence-corrected chi connectivity index (χ4v) is 3.69. The molecule has 4 rings (SSSR count). The van der Waals surface area contributed by atoms with Crippen molar-refractivity contribution < 1.29 is 27.4 Å². The van der Waals surface area contributed by atoms with Crippen molar-refractivity contribution in [1.82, 2.24) is 29.9 Å². The van der Waals surface area contributed by atoms with Crippen molar-refractivity contribution in [1.29, 1.82) is 0 Å². The highest BCUT2D eigenvalue weighted by molar-refractivity contribution is 5.67. The number of alkyl carbamates (subject to hydrolysis) is 1. The average Bonchev–Trinajstić information content (AvgIpc) is 3.45. The lowest BCUT2D eigenvalue weighted by atomic mass is 10.0. The maximum Gasteiger partial charge on any atom is 0.407 e. The van der Waals surface area contributed by atoms with Gasteiger partial charge in [-0.25, -0.2) is 22.9 Å². The second-order valence-electron chi connectivity index (χ2n) is 7.98. The third-order valence-electron chi connectivity index (χ3n) is 5.12. The summed E-state index contributed by atoms with van der Waals surface area (Å²) < 4.78 is 51.4. The fourth-order valence-electron chi connectivity index (χ4n) is 3.69. The molecule has 0 unspecified atom stereocenters. The van der Waals surface area contributed by atoms with Crippen molar-refractivity contribution in [2.24, 2.45) is 0 Å². The minimum Gasteiger partial charge on any atom is -0.470 e. The zero-order valence-corrected chi connectivity index (χ0v) is 18.0. The van der Waals surface area contributed by atoms with Crippen LogP contribution in [0.2, 0.25) is 0 Å². The summed E-state index contributed by atoms with van der Waals surface area (Å²) in [5.74, 6) is 0.228. The number of rotatable bonds is 8. The van der Waals surface area contributed by atoms with Gasteiger partial charge in [0.1, 0.15) is 17.9 Å². The van der Waals surface area contributed by atoms with Gasteiger partial charge in [0.05, 0.1) is 6.20 Å². The number of alkyl halides is 3. The number of halogens is 3. The molecule has 0 radical (unpaired) electrons. The molecule has 178 valence electrons. The van der Waals surface area contributed by atoms with Crippen LogP contribution in [0, 0.1) is 0 Å². The van der Waals surface area contributed by atoms with E-state index in [9.17, 15) is 18.0 Å². The molecule has 0 spiro atoms. The van der Waals surface area contributed by atoms with E-state index < -0.39 is 37.3 Å². The smallest absolute Gasteiger partial charge is 0.407 e. The minimum absolute atomic E-state index is 0.0350. The average molecular weight is 467 g/mol. The van der Waals surface area contributed by atoms with Crippen molar-refractivity contribution in [2.75, 3.05) is 11.9 Å². The number of hydrogen-bond acceptors (Lipinski definition) is 7. The van der Waals surface area contributed by atoms with Gasteiger partial charge < -0.3 is 20.1 Å². The molecule has 3 N–H and O–H groups in total. The van der Waals surface area contributed by atoms with Crippen LogP contribution in [0.4, 0.5) is 29.7 Å². The molecule has 33 heavy (non-hydrogen) atoms. The molecule has 0 aliphatic heterocycles. The predicted octanol–water partition coefficient (Wildman–Crippen LogP) is 3.56. The summed E-state index contributed by atoms with van der Waals surface area (Å²) >= 11 is 0. The zero-order valence-electron chi connectivity index (χ0n) is 18.0. The highest BCUT2D eigenvalue weighted by Crippen LogP contribution is 2.38. The molecule has 3 atom stereocenters. The zero-order chi connectivity index (χ0) is 23.5. The molecule has 1 fully saturated rings. The molecule has 3 aromatic heterocycles. The molecule has 3 aromatic rings. The first kappa shape index (κ1) is 22.7. The molecule has 0 bridgehead atoms. The van der Waals surface area contributed by atoms with Crippen LogP contribution in [0.3, 0.4) is 0 Å². The standard InChI is InChI=1S/C20H24F3N7O3/c1-10(2)25-20(31)33-13-4-3-11(18(13)23)12-7-15(29-28-12)26-19-24-6-5-16-27-17(8-30(16)19)32-9-14(21)22/h5-8,10-11,13-14,18H,3-4,9H2,1-2H3,(H,25,31)(H2,24,26,28,29)/t11-,13-,18-/m1/s1. The van der Waals surface area contributed by atoms with Crippen molar-refractivity contribution in [3.63, 3.8) is 0 Å². The molecule has 0 aromatic carbocycles. The number of hydrogen-bond donors (Lipinski definition) is 3. The van der Waals surface area contributed by atoms with E-state index in [-0.39, 0.29) is 11.9 Å². The molecule has 0 saturated heterocycles. The summed E-state index contributed by atoms with van der Waals surface area (Å²) in [7, 11) is 0. The number of aromatic amines is 1. The second kappa shape index (κ2) is 9.55. The maximum atomic E-state index is 14.9. The van der Waals surface area contributed by atoms with Gasteiger partial charge in [0.25, 0.3) is 6.43 Å². The number of amides is 1. The Kier molecular flexibility index (Phi) is 6.56. The van der Waals surface area contributed by atoms with Crippen LogP contribution < -0.4 is 15.4 Å². The first-order valence-corrected chi connectivity index (χ1v) is 10.5. The largest absolute Gasteiger partial charge is 0.470 e. The van der Waals surface area contributed by atoms with E-state index in [1.807, 2.05) is 0 Å². The number of imidazole rings is 1. The summed E-state index contributed by atoms with van der Waals surface area (Å²) in [4.78, 5) is 20.1. The molecular formula is C20H24F3N7O3. The van der Waals surface area contributed by atoms with E-state index in [1.165, 1.54) is 16.8 Å². The Hall–Kier alpha value is -3.51. The molecule has 13 heteroatoms. The van der Waals surface area contributed by atoms with Crippen molar-refractivity contribution in [3.05, 3.63) is 30.2 Å². The number of H-pyrrole nitrogens is 1. The number of aromatic nitrogens is 5. The summed E-state index contributed by atoms with van der Waals surface area (Å²) in [6.07, 6.45) is -1.65. The van der Waals surface area contributed by atoms with E-state index in [0.717, 1.165) is 0 Å². The van der Waals surface area contributed by atoms with Crippen LogP contribution in [0.15, 0.2) is 24.5 Å². The summed E-state index contributed by atoms with van der Waals surface area (Å²) in [6.45, 7) is 2.82. The van der Waals surface area contributed by atoms with Crippen molar-refractivity contribution >= 4 is 23.5 Å². The van der Waals surface area contributed by atoms with Gasteiger partial charge in [-0.15, -0.1) is 0 Å². The molecule has 10 nitrogen and oxygen atoms in total. The van der Waals surface area contributed by atoms with Gasteiger partial charge in [-0.2, -0.15) is 10.1 Å². The Balaban J connectivity index is 1.43. The van der Waals surface area contributed by atoms with Crippen LogP contribution in [-0.2, 0) is 4.74 Å². The number of nitrogens with zero attached hydrogens (tertiary/aromatic N) is 4. The Morgan fingerprint density at radius 2 is 2.18 bits per heavy atom. The fraction of sp³-hybridized carbons (Fsp3) is 0.500. The Bertz CT molecular complexity index is 1100. The lowest BCUT2D eigenvalue weighted by molar-refractivity contribution is 0.0555. The van der Waals surface area contributed by atoms with E-state index in [0.29, 0.717) is 35.9 Å². The predicted molar refractivity (Wildman–Crippen MR) is 112 cm³/mol. The third-order valence-corrected chi connectivity index (χ3v) is 5.12. The summed E-state index contributed by atoms with van der Waals surface area (Å²) in [5.41, 5.74) is 0.992. The second-order valence-corrected chi connectivity index (χ2v) is 7.98. The van der Waals surface area contributed by atoms with E-state index in [4.69, 9.17) is 9.47 Å². The number of anilines is 2. The van der Waals surface area contributed by atoms with E-state index in [2.05, 4.69) is 30.8 Å². The van der Waals surface area contributed by atoms with Gasteiger partial charge in [0, 0.05) is 29.9 Å². The molecule has 1 aliphatic rings. The summed E-state index contributed by atoms with van der Waals surface area (Å²) in [6, 6.07) is 3.15. The first-order valence-electron chi connectivity index (χ1n) is 10.5. The molecule has 1 saturated carbocycles. The number of fused-ring (bicyclic) bond motifs is 1. The normalized spacial score (nSPS) is 20.5. The lowest BCUT2D eigenvalue weighted by Gasteiger charge is -2.18. The van der Waals surface area contributed by atoms with E-state index in [1.54, 1.807) is 26.0 Å². The SMILES string of the molecule is CC(C)NC(=O)O[C@@H]1CC[C@H](c2cc(Nc3nccc4nc(OCC(F)F)cn34)n[nH]2)[C@H]1F. The molecule has 3 heterocycles.